The lowest BCUT2D eigenvalue weighted by molar-refractivity contribution is -0.138. The number of halogens is 4. The lowest BCUT2D eigenvalue weighted by Crippen LogP contribution is -2.10. The summed E-state index contributed by atoms with van der Waals surface area (Å²) in [5.41, 5.74) is -0.579. The average molecular weight is 301 g/mol. The van der Waals surface area contributed by atoms with Crippen LogP contribution in [0, 0.1) is 5.82 Å². The van der Waals surface area contributed by atoms with Crippen LogP contribution in [0.1, 0.15) is 30.4 Å². The number of carboxylic acid groups (broad SMARTS) is 1. The number of hydrogen-bond acceptors (Lipinski definition) is 2. The van der Waals surface area contributed by atoms with Crippen molar-refractivity contribution in [3.8, 4) is 0 Å². The van der Waals surface area contributed by atoms with Crippen molar-refractivity contribution >= 4 is 17.4 Å². The lowest BCUT2D eigenvalue weighted by Gasteiger charge is -2.14. The molecule has 1 N–H and O–H groups in total. The Kier molecular flexibility index (Phi) is 4.11. The molecule has 1 aliphatic heterocycles. The number of nitrogens with zero attached hydrogens (tertiary/aromatic N) is 1. The quantitative estimate of drug-likeness (QED) is 0.861. The van der Waals surface area contributed by atoms with Gasteiger partial charge in [-0.05, 0) is 31.0 Å². The maximum atomic E-state index is 13.4. The summed E-state index contributed by atoms with van der Waals surface area (Å²) in [6.45, 7) is 0. The number of rotatable bonds is 3. The first kappa shape index (κ1) is 15.2. The van der Waals surface area contributed by atoms with Crippen molar-refractivity contribution < 1.29 is 27.5 Å². The Labute approximate surface area is 117 Å². The molecular weight excluding hydrogens is 290 g/mol. The van der Waals surface area contributed by atoms with Gasteiger partial charge in [0.25, 0.3) is 0 Å². The maximum Gasteiger partial charge on any atom is 0.416 e. The molecule has 0 saturated carbocycles. The van der Waals surface area contributed by atoms with Crippen LogP contribution in [0.5, 0.6) is 0 Å². The first-order chi connectivity index (χ1) is 9.75. The molecule has 0 spiro atoms. The zero-order chi connectivity index (χ0) is 15.6. The molecular formula is C14H11F4NO2. The monoisotopic (exact) mass is 301 g/mol. The molecule has 0 aliphatic carbocycles. The van der Waals surface area contributed by atoms with Crippen molar-refractivity contribution in [2.75, 3.05) is 0 Å². The van der Waals surface area contributed by atoms with Gasteiger partial charge in [-0.1, -0.05) is 6.08 Å². The normalized spacial score (nSPS) is 15.4. The smallest absolute Gasteiger partial charge is 0.416 e. The van der Waals surface area contributed by atoms with E-state index in [9.17, 15) is 22.4 Å². The van der Waals surface area contributed by atoms with Crippen LogP contribution in [-0.2, 0) is 11.0 Å². The number of aliphatic imine (C=N–C) groups is 1. The Morgan fingerprint density at radius 2 is 2.00 bits per heavy atom. The predicted octanol–water partition coefficient (Wildman–Crippen LogP) is 3.89. The minimum absolute atomic E-state index is 0.00934. The third-order valence-corrected chi connectivity index (χ3v) is 2.93. The number of allylic oxidation sites excluding steroid dienone is 1. The van der Waals surface area contributed by atoms with E-state index >= 15 is 0 Å². The van der Waals surface area contributed by atoms with Crippen molar-refractivity contribution in [3.63, 3.8) is 0 Å². The van der Waals surface area contributed by atoms with Gasteiger partial charge in [0.05, 0.1) is 17.7 Å². The van der Waals surface area contributed by atoms with Crippen LogP contribution in [0.4, 0.5) is 17.6 Å². The van der Waals surface area contributed by atoms with Crippen LogP contribution >= 0.6 is 0 Å². The second-order valence-corrected chi connectivity index (χ2v) is 4.60. The van der Waals surface area contributed by atoms with Crippen LogP contribution in [0.25, 0.3) is 5.70 Å². The molecule has 21 heavy (non-hydrogen) atoms. The third kappa shape index (κ3) is 3.90. The lowest BCUT2D eigenvalue weighted by atomic mass is 10.0. The Bertz CT molecular complexity index is 632. The summed E-state index contributed by atoms with van der Waals surface area (Å²) in [6, 6.07) is 2.17. The molecule has 0 radical (unpaired) electrons. The summed E-state index contributed by atoms with van der Waals surface area (Å²) in [7, 11) is 0. The predicted molar refractivity (Wildman–Crippen MR) is 68.3 cm³/mol. The van der Waals surface area contributed by atoms with E-state index in [1.807, 2.05) is 0 Å². The van der Waals surface area contributed by atoms with Crippen LogP contribution in [0.2, 0.25) is 0 Å². The fourth-order valence-electron chi connectivity index (χ4n) is 2.03. The molecule has 0 amide bonds. The summed E-state index contributed by atoms with van der Waals surface area (Å²) in [5, 5.41) is 8.71. The molecule has 0 fully saturated rings. The van der Waals surface area contributed by atoms with E-state index in [4.69, 9.17) is 5.11 Å². The molecule has 0 bridgehead atoms. The number of alkyl halides is 3. The summed E-state index contributed by atoms with van der Waals surface area (Å²) in [4.78, 5) is 14.7. The fourth-order valence-corrected chi connectivity index (χ4v) is 2.03. The van der Waals surface area contributed by atoms with Gasteiger partial charge in [-0.25, -0.2) is 4.39 Å². The number of carboxylic acids is 1. The molecule has 1 aliphatic rings. The van der Waals surface area contributed by atoms with E-state index in [1.165, 1.54) is 0 Å². The van der Waals surface area contributed by atoms with Gasteiger partial charge in [-0.3, -0.25) is 9.79 Å². The molecule has 1 aromatic rings. The molecule has 7 heteroatoms. The largest absolute Gasteiger partial charge is 0.481 e. The van der Waals surface area contributed by atoms with Gasteiger partial charge in [-0.15, -0.1) is 0 Å². The Morgan fingerprint density at radius 3 is 2.62 bits per heavy atom. The minimum atomic E-state index is -4.65. The highest BCUT2D eigenvalue weighted by molar-refractivity contribution is 6.01. The van der Waals surface area contributed by atoms with E-state index < -0.39 is 23.5 Å². The molecule has 0 saturated heterocycles. The van der Waals surface area contributed by atoms with Gasteiger partial charge in [0.2, 0.25) is 0 Å². The van der Waals surface area contributed by atoms with Crippen LogP contribution in [-0.4, -0.2) is 16.8 Å². The van der Waals surface area contributed by atoms with Crippen molar-refractivity contribution in [1.29, 1.82) is 0 Å². The highest BCUT2D eigenvalue weighted by Gasteiger charge is 2.31. The third-order valence-electron chi connectivity index (χ3n) is 2.93. The number of benzene rings is 1. The van der Waals surface area contributed by atoms with Gasteiger partial charge in [0.15, 0.2) is 0 Å². The fraction of sp³-hybridized carbons (Fsp3) is 0.286. The van der Waals surface area contributed by atoms with E-state index in [2.05, 4.69) is 4.99 Å². The van der Waals surface area contributed by atoms with Crippen LogP contribution in [0.15, 0.2) is 29.3 Å². The van der Waals surface area contributed by atoms with Gasteiger partial charge in [0.1, 0.15) is 5.82 Å². The summed E-state index contributed by atoms with van der Waals surface area (Å²) in [6.07, 6.45) is -2.48. The Hall–Kier alpha value is -2.18. The average Bonchev–Trinajstić information content (AvgIpc) is 2.36. The molecule has 0 aromatic heterocycles. The highest BCUT2D eigenvalue weighted by Crippen LogP contribution is 2.33. The highest BCUT2D eigenvalue weighted by atomic mass is 19.4. The van der Waals surface area contributed by atoms with Crippen molar-refractivity contribution in [1.82, 2.24) is 0 Å². The minimum Gasteiger partial charge on any atom is -0.481 e. The topological polar surface area (TPSA) is 49.7 Å². The molecule has 1 heterocycles. The summed E-state index contributed by atoms with van der Waals surface area (Å²) < 4.78 is 51.3. The second kappa shape index (κ2) is 5.67. The Balaban J connectivity index is 2.38. The van der Waals surface area contributed by atoms with E-state index in [-0.39, 0.29) is 17.7 Å². The van der Waals surface area contributed by atoms with E-state index in [0.29, 0.717) is 24.6 Å². The standard InChI is InChI=1S/C14H11F4NO2/c15-10-5-8(4-9(6-10)14(16,17)18)12-3-1-2-11(19-12)7-13(20)21/h3-6H,1-2,7H2,(H,20,21). The first-order valence-corrected chi connectivity index (χ1v) is 6.12. The van der Waals surface area contributed by atoms with Gasteiger partial charge < -0.3 is 5.11 Å². The number of aliphatic carboxylic acids is 1. The summed E-state index contributed by atoms with van der Waals surface area (Å²) >= 11 is 0. The van der Waals surface area contributed by atoms with Gasteiger partial charge in [0, 0.05) is 11.3 Å². The second-order valence-electron chi connectivity index (χ2n) is 4.60. The maximum absolute atomic E-state index is 13.4. The van der Waals surface area contributed by atoms with Crippen LogP contribution < -0.4 is 0 Å². The molecule has 3 nitrogen and oxygen atoms in total. The zero-order valence-corrected chi connectivity index (χ0v) is 10.7. The van der Waals surface area contributed by atoms with Crippen molar-refractivity contribution in [2.45, 2.75) is 25.4 Å². The van der Waals surface area contributed by atoms with Gasteiger partial charge in [-0.2, -0.15) is 13.2 Å². The number of carbonyl (C=O) groups is 1. The zero-order valence-electron chi connectivity index (χ0n) is 10.7. The van der Waals surface area contributed by atoms with Crippen LogP contribution in [0.3, 0.4) is 0 Å². The molecule has 112 valence electrons. The van der Waals surface area contributed by atoms with Crippen molar-refractivity contribution in [3.05, 3.63) is 41.2 Å². The van der Waals surface area contributed by atoms with Gasteiger partial charge >= 0.3 is 12.1 Å². The summed E-state index contributed by atoms with van der Waals surface area (Å²) in [5.74, 6) is -2.08. The van der Waals surface area contributed by atoms with E-state index in [1.54, 1.807) is 6.08 Å². The number of hydrogen-bond donors (Lipinski definition) is 1. The van der Waals surface area contributed by atoms with Crippen molar-refractivity contribution in [2.24, 2.45) is 4.99 Å². The first-order valence-electron chi connectivity index (χ1n) is 6.12. The molecule has 2 rings (SSSR count). The molecule has 0 atom stereocenters. The Morgan fingerprint density at radius 1 is 1.29 bits per heavy atom. The molecule has 1 aromatic carbocycles. The van der Waals surface area contributed by atoms with E-state index in [0.717, 1.165) is 12.1 Å². The molecule has 0 unspecified atom stereocenters. The SMILES string of the molecule is O=C(O)CC1=NC(c2cc(F)cc(C(F)(F)F)c2)=CCC1.